The highest BCUT2D eigenvalue weighted by atomic mass is 16.6. The fourth-order valence-electron chi connectivity index (χ4n) is 0.681. The minimum absolute atomic E-state index is 0.0646. The molecule has 0 radical (unpaired) electrons. The van der Waals surface area contributed by atoms with E-state index in [1.807, 2.05) is 0 Å². The topological polar surface area (TPSA) is 55.7 Å². The summed E-state index contributed by atoms with van der Waals surface area (Å²) in [5.41, 5.74) is -0.498. The molecule has 0 N–H and O–H groups in total. The lowest BCUT2D eigenvalue weighted by molar-refractivity contribution is -0.155. The molecule has 0 unspecified atom stereocenters. The maximum absolute atomic E-state index is 11.0. The molecular weight excluding hydrogens is 170 g/mol. The van der Waals surface area contributed by atoms with Crippen LogP contribution in [0.5, 0.6) is 0 Å². The molecule has 4 heteroatoms. The number of ether oxygens (including phenoxy) is 1. The third-order valence-corrected chi connectivity index (χ3v) is 1.14. The van der Waals surface area contributed by atoms with Crippen LogP contribution in [0.2, 0.25) is 0 Å². The first kappa shape index (κ1) is 11.8. The Morgan fingerprint density at radius 2 is 1.85 bits per heavy atom. The number of amides is 1. The molecule has 13 heavy (non-hydrogen) atoms. The molecule has 0 heterocycles. The molecule has 0 aromatic heterocycles. The van der Waals surface area contributed by atoms with Gasteiger partial charge in [-0.3, -0.25) is 9.59 Å². The number of aliphatic imine (C=N–C) groups is 1. The largest absolute Gasteiger partial charge is 0.460 e. The van der Waals surface area contributed by atoms with E-state index in [1.165, 1.54) is 0 Å². The average molecular weight is 185 g/mol. The van der Waals surface area contributed by atoms with Crippen LogP contribution in [0.1, 0.15) is 33.6 Å². The molecule has 74 valence electrons. The van der Waals surface area contributed by atoms with Gasteiger partial charge in [-0.25, -0.2) is 4.99 Å². The quantitative estimate of drug-likeness (QED) is 0.492. The molecule has 0 aliphatic heterocycles. The van der Waals surface area contributed by atoms with Gasteiger partial charge in [0.25, 0.3) is 0 Å². The van der Waals surface area contributed by atoms with Gasteiger partial charge in [0.05, 0.1) is 6.42 Å². The van der Waals surface area contributed by atoms with Gasteiger partial charge in [0.2, 0.25) is 5.91 Å². The summed E-state index contributed by atoms with van der Waals surface area (Å²) >= 11 is 0. The lowest BCUT2D eigenvalue weighted by Gasteiger charge is -2.19. The van der Waals surface area contributed by atoms with E-state index < -0.39 is 5.60 Å². The molecule has 0 spiro atoms. The number of carbonyl (C=O) groups excluding carboxylic acids is 2. The first-order chi connectivity index (χ1) is 5.85. The van der Waals surface area contributed by atoms with Crippen LogP contribution in [0.15, 0.2) is 4.99 Å². The lowest BCUT2D eigenvalue weighted by Crippen LogP contribution is -2.24. The van der Waals surface area contributed by atoms with Crippen LogP contribution in [0.3, 0.4) is 0 Å². The van der Waals surface area contributed by atoms with Gasteiger partial charge in [-0.15, -0.1) is 0 Å². The zero-order valence-electron chi connectivity index (χ0n) is 8.29. The standard InChI is InChI=1S/C9H15NO3/c1-9(2,3)13-8(12)6-5-7(11)10-4/h4-6H2,1-3H3. The van der Waals surface area contributed by atoms with E-state index in [-0.39, 0.29) is 24.7 Å². The first-order valence-corrected chi connectivity index (χ1v) is 4.06. The summed E-state index contributed by atoms with van der Waals surface area (Å²) in [6, 6.07) is 0. The molecule has 0 rings (SSSR count). The fraction of sp³-hybridized carbons (Fsp3) is 0.667. The second-order valence-corrected chi connectivity index (χ2v) is 3.64. The van der Waals surface area contributed by atoms with Crippen molar-refractivity contribution in [2.45, 2.75) is 39.2 Å². The molecule has 0 aromatic carbocycles. The number of hydrogen-bond acceptors (Lipinski definition) is 3. The average Bonchev–Trinajstić information content (AvgIpc) is 1.97. The van der Waals surface area contributed by atoms with E-state index in [1.54, 1.807) is 20.8 Å². The van der Waals surface area contributed by atoms with Gasteiger partial charge < -0.3 is 4.74 Å². The van der Waals surface area contributed by atoms with E-state index >= 15 is 0 Å². The Bertz CT molecular complexity index is 215. The van der Waals surface area contributed by atoms with E-state index in [9.17, 15) is 9.59 Å². The molecule has 0 atom stereocenters. The van der Waals surface area contributed by atoms with Gasteiger partial charge in [-0.1, -0.05) is 0 Å². The van der Waals surface area contributed by atoms with Crippen molar-refractivity contribution in [2.24, 2.45) is 4.99 Å². The Kier molecular flexibility index (Phi) is 4.31. The van der Waals surface area contributed by atoms with E-state index in [0.29, 0.717) is 0 Å². The Morgan fingerprint density at radius 1 is 1.31 bits per heavy atom. The summed E-state index contributed by atoms with van der Waals surface area (Å²) in [6.45, 7) is 8.39. The summed E-state index contributed by atoms with van der Waals surface area (Å²) in [7, 11) is 0. The van der Waals surface area contributed by atoms with Crippen molar-refractivity contribution >= 4 is 18.6 Å². The molecular formula is C9H15NO3. The Hall–Kier alpha value is -1.19. The van der Waals surface area contributed by atoms with Crippen molar-refractivity contribution in [3.63, 3.8) is 0 Å². The minimum Gasteiger partial charge on any atom is -0.460 e. The predicted octanol–water partition coefficient (Wildman–Crippen LogP) is 1.34. The number of hydrogen-bond donors (Lipinski definition) is 0. The summed E-state index contributed by atoms with van der Waals surface area (Å²) in [4.78, 5) is 24.8. The third kappa shape index (κ3) is 7.18. The Balaban J connectivity index is 3.77. The van der Waals surface area contributed by atoms with Crippen LogP contribution in [0.25, 0.3) is 0 Å². The number of esters is 1. The normalized spacial score (nSPS) is 10.7. The molecule has 1 amide bonds. The van der Waals surface area contributed by atoms with Crippen molar-refractivity contribution < 1.29 is 14.3 Å². The molecule has 0 bridgehead atoms. The van der Waals surface area contributed by atoms with Crippen LogP contribution in [0.4, 0.5) is 0 Å². The maximum Gasteiger partial charge on any atom is 0.306 e. The highest BCUT2D eigenvalue weighted by Gasteiger charge is 2.16. The molecule has 0 aromatic rings. The molecule has 0 fully saturated rings. The van der Waals surface area contributed by atoms with Gasteiger partial charge >= 0.3 is 5.97 Å². The molecule has 0 aliphatic carbocycles. The van der Waals surface area contributed by atoms with E-state index in [0.717, 1.165) is 0 Å². The highest BCUT2D eigenvalue weighted by molar-refractivity contribution is 5.84. The number of carbonyl (C=O) groups is 2. The van der Waals surface area contributed by atoms with Crippen molar-refractivity contribution in [1.29, 1.82) is 0 Å². The summed E-state index contributed by atoms with van der Waals surface area (Å²) in [5, 5.41) is 0. The Morgan fingerprint density at radius 3 is 2.23 bits per heavy atom. The summed E-state index contributed by atoms with van der Waals surface area (Å²) in [6.07, 6.45) is 0.132. The Labute approximate surface area is 78.0 Å². The minimum atomic E-state index is -0.498. The highest BCUT2D eigenvalue weighted by Crippen LogP contribution is 2.09. The zero-order chi connectivity index (χ0) is 10.5. The second kappa shape index (κ2) is 4.74. The van der Waals surface area contributed by atoms with E-state index in [2.05, 4.69) is 11.7 Å². The smallest absolute Gasteiger partial charge is 0.306 e. The third-order valence-electron chi connectivity index (χ3n) is 1.14. The van der Waals surface area contributed by atoms with Crippen LogP contribution in [-0.2, 0) is 14.3 Å². The van der Waals surface area contributed by atoms with E-state index in [4.69, 9.17) is 4.74 Å². The molecule has 4 nitrogen and oxygen atoms in total. The van der Waals surface area contributed by atoms with Crippen molar-refractivity contribution in [3.8, 4) is 0 Å². The van der Waals surface area contributed by atoms with Crippen molar-refractivity contribution in [3.05, 3.63) is 0 Å². The van der Waals surface area contributed by atoms with Crippen molar-refractivity contribution in [1.82, 2.24) is 0 Å². The molecule has 0 aliphatic rings. The van der Waals surface area contributed by atoms with Crippen LogP contribution >= 0.6 is 0 Å². The van der Waals surface area contributed by atoms with Gasteiger partial charge in [-0.2, -0.15) is 0 Å². The number of nitrogens with zero attached hydrogens (tertiary/aromatic N) is 1. The van der Waals surface area contributed by atoms with Crippen LogP contribution in [0, 0.1) is 0 Å². The SMILES string of the molecule is C=NC(=O)CCC(=O)OC(C)(C)C. The molecule has 0 saturated heterocycles. The summed E-state index contributed by atoms with van der Waals surface area (Å²) < 4.78 is 4.98. The predicted molar refractivity (Wildman–Crippen MR) is 49.6 cm³/mol. The van der Waals surface area contributed by atoms with Crippen molar-refractivity contribution in [2.75, 3.05) is 0 Å². The lowest BCUT2D eigenvalue weighted by atomic mass is 10.2. The fourth-order valence-corrected chi connectivity index (χ4v) is 0.681. The zero-order valence-corrected chi connectivity index (χ0v) is 8.29. The number of rotatable bonds is 3. The van der Waals surface area contributed by atoms with Crippen LogP contribution < -0.4 is 0 Å². The second-order valence-electron chi connectivity index (χ2n) is 3.64. The first-order valence-electron chi connectivity index (χ1n) is 4.06. The molecule has 0 saturated carbocycles. The van der Waals surface area contributed by atoms with Gasteiger partial charge in [0.15, 0.2) is 0 Å². The van der Waals surface area contributed by atoms with Gasteiger partial charge in [-0.05, 0) is 27.5 Å². The van der Waals surface area contributed by atoms with Crippen LogP contribution in [-0.4, -0.2) is 24.2 Å². The van der Waals surface area contributed by atoms with Gasteiger partial charge in [0, 0.05) is 6.42 Å². The summed E-state index contributed by atoms with van der Waals surface area (Å²) in [5.74, 6) is -0.768. The maximum atomic E-state index is 11.0. The monoisotopic (exact) mass is 185 g/mol. The van der Waals surface area contributed by atoms with Gasteiger partial charge in [0.1, 0.15) is 5.60 Å².